The van der Waals surface area contributed by atoms with E-state index >= 15 is 0 Å². The first kappa shape index (κ1) is 16.1. The number of rotatable bonds is 4. The molecular weight excluding hydrogens is 318 g/mol. The number of nitrogens with zero attached hydrogens (tertiary/aromatic N) is 2. The van der Waals surface area contributed by atoms with Crippen molar-refractivity contribution in [2.45, 2.75) is 57.7 Å². The number of benzene rings is 2. The summed E-state index contributed by atoms with van der Waals surface area (Å²) in [6.07, 6.45) is 6.64. The zero-order chi connectivity index (χ0) is 17.5. The van der Waals surface area contributed by atoms with Crippen LogP contribution in [0.4, 0.5) is 0 Å². The molecule has 3 heterocycles. The van der Waals surface area contributed by atoms with Crippen molar-refractivity contribution in [2.75, 3.05) is 0 Å². The van der Waals surface area contributed by atoms with Crippen LogP contribution >= 0.6 is 0 Å². The number of aryl methyl sites for hydroxylation is 1. The van der Waals surface area contributed by atoms with Gasteiger partial charge in [-0.1, -0.05) is 36.4 Å². The molecule has 2 atom stereocenters. The Morgan fingerprint density at radius 3 is 2.50 bits per heavy atom. The summed E-state index contributed by atoms with van der Waals surface area (Å²) in [5, 5.41) is 0. The molecule has 2 bridgehead atoms. The van der Waals surface area contributed by atoms with E-state index < -0.39 is 0 Å². The summed E-state index contributed by atoms with van der Waals surface area (Å²) in [4.78, 5) is 11.1. The van der Waals surface area contributed by atoms with Gasteiger partial charge in [-0.05, 0) is 68.2 Å². The highest BCUT2D eigenvalue weighted by Gasteiger charge is 2.40. The first-order valence-corrected chi connectivity index (χ1v) is 10.00. The van der Waals surface area contributed by atoms with Crippen molar-refractivity contribution in [3.63, 3.8) is 0 Å². The van der Waals surface area contributed by atoms with Crippen LogP contribution in [0.2, 0.25) is 0 Å². The van der Waals surface area contributed by atoms with E-state index in [2.05, 4.69) is 65.3 Å². The van der Waals surface area contributed by atoms with Crippen molar-refractivity contribution in [2.24, 2.45) is 5.92 Å². The van der Waals surface area contributed by atoms with Gasteiger partial charge in [-0.3, -0.25) is 4.90 Å². The molecule has 0 saturated carbocycles. The van der Waals surface area contributed by atoms with E-state index in [-0.39, 0.29) is 0 Å². The average Bonchev–Trinajstić information content (AvgIpc) is 3.15. The maximum atomic E-state index is 4.80. The number of nitrogens with one attached hydrogen (secondary N) is 1. The molecule has 0 amide bonds. The Bertz CT molecular complexity index is 865. The normalized spacial score (nSPS) is 25.8. The highest BCUT2D eigenvalue weighted by Crippen LogP contribution is 2.40. The quantitative estimate of drug-likeness (QED) is 0.732. The lowest BCUT2D eigenvalue weighted by molar-refractivity contribution is 0.0937. The predicted octanol–water partition coefficient (Wildman–Crippen LogP) is 4.86. The van der Waals surface area contributed by atoms with Crippen LogP contribution in [-0.2, 0) is 13.0 Å². The third-order valence-corrected chi connectivity index (χ3v) is 6.52. The second-order valence-corrected chi connectivity index (χ2v) is 8.23. The van der Waals surface area contributed by atoms with Gasteiger partial charge in [-0.2, -0.15) is 0 Å². The van der Waals surface area contributed by atoms with E-state index in [1.807, 2.05) is 0 Å². The summed E-state index contributed by atoms with van der Waals surface area (Å²) in [5.74, 6) is 1.96. The standard InChI is InChI=1S/C23H27N3/c1-16-6-2-3-7-18(16)12-17-13-19-10-11-20(14-17)26(19)15-23-24-21-8-4-5-9-22(21)25-23/h2-9,17,19-20H,10-15H2,1H3,(H,24,25). The molecule has 1 aromatic heterocycles. The summed E-state index contributed by atoms with van der Waals surface area (Å²) in [7, 11) is 0. The van der Waals surface area contributed by atoms with Crippen molar-refractivity contribution in [1.29, 1.82) is 0 Å². The summed E-state index contributed by atoms with van der Waals surface area (Å²) in [6, 6.07) is 18.7. The maximum Gasteiger partial charge on any atom is 0.121 e. The third kappa shape index (κ3) is 2.95. The Labute approximate surface area is 155 Å². The Kier molecular flexibility index (Phi) is 4.05. The van der Waals surface area contributed by atoms with Crippen LogP contribution in [-0.4, -0.2) is 27.0 Å². The van der Waals surface area contributed by atoms with Gasteiger partial charge in [-0.15, -0.1) is 0 Å². The fourth-order valence-corrected chi connectivity index (χ4v) is 5.22. The number of fused-ring (bicyclic) bond motifs is 3. The second-order valence-electron chi connectivity index (χ2n) is 8.23. The van der Waals surface area contributed by atoms with Crippen molar-refractivity contribution in [1.82, 2.24) is 14.9 Å². The monoisotopic (exact) mass is 345 g/mol. The van der Waals surface area contributed by atoms with Crippen LogP contribution in [0.15, 0.2) is 48.5 Å². The Hall–Kier alpha value is -2.13. The molecule has 0 aliphatic carbocycles. The molecule has 2 saturated heterocycles. The molecule has 1 N–H and O–H groups in total. The van der Waals surface area contributed by atoms with Gasteiger partial charge >= 0.3 is 0 Å². The van der Waals surface area contributed by atoms with E-state index in [4.69, 9.17) is 4.98 Å². The molecule has 3 nitrogen and oxygen atoms in total. The predicted molar refractivity (Wildman–Crippen MR) is 106 cm³/mol. The minimum atomic E-state index is 0.732. The Morgan fingerprint density at radius 1 is 1.00 bits per heavy atom. The minimum Gasteiger partial charge on any atom is -0.341 e. The van der Waals surface area contributed by atoms with Gasteiger partial charge in [0.15, 0.2) is 0 Å². The zero-order valence-corrected chi connectivity index (χ0v) is 15.5. The number of imidazole rings is 1. The van der Waals surface area contributed by atoms with Crippen LogP contribution in [0.3, 0.4) is 0 Å². The number of H-pyrrole nitrogens is 1. The molecule has 3 aromatic rings. The highest BCUT2D eigenvalue weighted by atomic mass is 15.2. The molecule has 5 rings (SSSR count). The summed E-state index contributed by atoms with van der Waals surface area (Å²) >= 11 is 0. The molecule has 2 aromatic carbocycles. The van der Waals surface area contributed by atoms with Crippen molar-refractivity contribution >= 4 is 11.0 Å². The number of aromatic nitrogens is 2. The first-order chi connectivity index (χ1) is 12.8. The molecule has 2 fully saturated rings. The van der Waals surface area contributed by atoms with Crippen LogP contribution in [0, 0.1) is 12.8 Å². The van der Waals surface area contributed by atoms with Gasteiger partial charge < -0.3 is 4.98 Å². The molecule has 2 unspecified atom stereocenters. The smallest absolute Gasteiger partial charge is 0.121 e. The van der Waals surface area contributed by atoms with E-state index in [9.17, 15) is 0 Å². The highest BCUT2D eigenvalue weighted by molar-refractivity contribution is 5.74. The van der Waals surface area contributed by atoms with Crippen molar-refractivity contribution in [3.05, 3.63) is 65.5 Å². The molecule has 0 radical (unpaired) electrons. The van der Waals surface area contributed by atoms with Crippen molar-refractivity contribution < 1.29 is 0 Å². The number of aromatic amines is 1. The number of para-hydroxylation sites is 2. The molecule has 26 heavy (non-hydrogen) atoms. The van der Waals surface area contributed by atoms with Gasteiger partial charge in [-0.25, -0.2) is 4.98 Å². The van der Waals surface area contributed by atoms with Crippen LogP contribution in [0.25, 0.3) is 11.0 Å². The SMILES string of the molecule is Cc1ccccc1CC1CC2CCC(C1)N2Cc1nc2ccccc2[nH]1. The Morgan fingerprint density at radius 2 is 1.73 bits per heavy atom. The fraction of sp³-hybridized carbons (Fsp3) is 0.435. The van der Waals surface area contributed by atoms with Gasteiger partial charge in [0.2, 0.25) is 0 Å². The van der Waals surface area contributed by atoms with Crippen LogP contribution in [0.5, 0.6) is 0 Å². The molecule has 2 aliphatic heterocycles. The van der Waals surface area contributed by atoms with Gasteiger partial charge in [0.05, 0.1) is 17.6 Å². The average molecular weight is 345 g/mol. The van der Waals surface area contributed by atoms with Gasteiger partial charge in [0, 0.05) is 12.1 Å². The Balaban J connectivity index is 1.29. The van der Waals surface area contributed by atoms with Crippen LogP contribution in [0.1, 0.15) is 42.6 Å². The zero-order valence-electron chi connectivity index (χ0n) is 15.5. The third-order valence-electron chi connectivity index (χ3n) is 6.52. The van der Waals surface area contributed by atoms with E-state index in [1.54, 1.807) is 5.56 Å². The lowest BCUT2D eigenvalue weighted by Gasteiger charge is -2.38. The number of hydrogen-bond donors (Lipinski definition) is 1. The van der Waals surface area contributed by atoms with Crippen LogP contribution < -0.4 is 0 Å². The fourth-order valence-electron chi connectivity index (χ4n) is 5.22. The van der Waals surface area contributed by atoms with Crippen molar-refractivity contribution in [3.8, 4) is 0 Å². The van der Waals surface area contributed by atoms with Gasteiger partial charge in [0.25, 0.3) is 0 Å². The molecular formula is C23H27N3. The summed E-state index contributed by atoms with van der Waals surface area (Å²) in [5.41, 5.74) is 5.24. The van der Waals surface area contributed by atoms with E-state index in [0.29, 0.717) is 0 Å². The maximum absolute atomic E-state index is 4.80. The first-order valence-electron chi connectivity index (χ1n) is 10.00. The topological polar surface area (TPSA) is 31.9 Å². The second kappa shape index (κ2) is 6.55. The van der Waals surface area contributed by atoms with E-state index in [0.717, 1.165) is 41.4 Å². The largest absolute Gasteiger partial charge is 0.341 e. The molecule has 2 aliphatic rings. The van der Waals surface area contributed by atoms with E-state index in [1.165, 1.54) is 37.7 Å². The molecule has 3 heteroatoms. The summed E-state index contributed by atoms with van der Waals surface area (Å²) in [6.45, 7) is 3.22. The van der Waals surface area contributed by atoms with Gasteiger partial charge in [0.1, 0.15) is 5.82 Å². The number of piperidine rings is 1. The minimum absolute atomic E-state index is 0.732. The lowest BCUT2D eigenvalue weighted by Crippen LogP contribution is -2.43. The molecule has 0 spiro atoms. The molecule has 134 valence electrons. The summed E-state index contributed by atoms with van der Waals surface area (Å²) < 4.78 is 0. The number of hydrogen-bond acceptors (Lipinski definition) is 2. The lowest BCUT2D eigenvalue weighted by atomic mass is 9.85.